The summed E-state index contributed by atoms with van der Waals surface area (Å²) in [7, 11) is 1.94. The molecular formula is C13H27NO2. The molecule has 96 valence electrons. The van der Waals surface area contributed by atoms with Crippen molar-refractivity contribution in [2.75, 3.05) is 7.05 Å². The highest BCUT2D eigenvalue weighted by Gasteiger charge is 2.24. The Morgan fingerprint density at radius 2 is 1.69 bits per heavy atom. The van der Waals surface area contributed by atoms with Gasteiger partial charge in [0.1, 0.15) is 0 Å². The molecule has 0 heterocycles. The second-order valence-electron chi connectivity index (χ2n) is 4.53. The van der Waals surface area contributed by atoms with Crippen molar-refractivity contribution < 1.29 is 9.90 Å². The number of carboxylic acid groups (broad SMARTS) is 1. The van der Waals surface area contributed by atoms with Crippen molar-refractivity contribution in [3.05, 3.63) is 0 Å². The van der Waals surface area contributed by atoms with E-state index >= 15 is 0 Å². The summed E-state index contributed by atoms with van der Waals surface area (Å²) in [6, 6.07) is 0.547. The molecule has 0 spiro atoms. The van der Waals surface area contributed by atoms with Gasteiger partial charge in [0.25, 0.3) is 0 Å². The van der Waals surface area contributed by atoms with Crippen LogP contribution >= 0.6 is 0 Å². The third kappa shape index (κ3) is 6.83. The SMILES string of the molecule is CCCCC.CNC1CCC(C(=O)O)CC1. The third-order valence-corrected chi connectivity index (χ3v) is 3.19. The van der Waals surface area contributed by atoms with Gasteiger partial charge in [-0.25, -0.2) is 0 Å². The summed E-state index contributed by atoms with van der Waals surface area (Å²) < 4.78 is 0. The molecule has 0 bridgehead atoms. The van der Waals surface area contributed by atoms with E-state index in [-0.39, 0.29) is 5.92 Å². The minimum Gasteiger partial charge on any atom is -0.481 e. The Morgan fingerprint density at radius 1 is 1.19 bits per heavy atom. The van der Waals surface area contributed by atoms with Crippen LogP contribution in [-0.2, 0) is 4.79 Å². The number of unbranched alkanes of at least 4 members (excludes halogenated alkanes) is 2. The topological polar surface area (TPSA) is 49.3 Å². The molecule has 0 atom stereocenters. The average Bonchev–Trinajstić information content (AvgIpc) is 2.31. The molecular weight excluding hydrogens is 202 g/mol. The molecule has 1 aliphatic carbocycles. The number of nitrogens with one attached hydrogen (secondary N) is 1. The lowest BCUT2D eigenvalue weighted by Crippen LogP contribution is -2.32. The van der Waals surface area contributed by atoms with E-state index in [9.17, 15) is 4.79 Å². The Labute approximate surface area is 99.6 Å². The fourth-order valence-electron chi connectivity index (χ4n) is 1.98. The number of hydrogen-bond acceptors (Lipinski definition) is 2. The number of hydrogen-bond donors (Lipinski definition) is 2. The summed E-state index contributed by atoms with van der Waals surface area (Å²) >= 11 is 0. The summed E-state index contributed by atoms with van der Waals surface area (Å²) in [5, 5.41) is 11.8. The van der Waals surface area contributed by atoms with Gasteiger partial charge in [0, 0.05) is 6.04 Å². The molecule has 1 aliphatic rings. The molecule has 0 saturated heterocycles. The Kier molecular flexibility index (Phi) is 9.30. The predicted molar refractivity (Wildman–Crippen MR) is 67.6 cm³/mol. The van der Waals surface area contributed by atoms with Crippen LogP contribution in [0.3, 0.4) is 0 Å². The molecule has 2 N–H and O–H groups in total. The fraction of sp³-hybridized carbons (Fsp3) is 0.923. The summed E-state index contributed by atoms with van der Waals surface area (Å²) in [5.74, 6) is -0.709. The lowest BCUT2D eigenvalue weighted by atomic mass is 9.86. The summed E-state index contributed by atoms with van der Waals surface area (Å²) in [6.45, 7) is 4.42. The molecule has 0 aromatic carbocycles. The normalized spacial score (nSPS) is 24.4. The summed E-state index contributed by atoms with van der Waals surface area (Å²) in [6.07, 6.45) is 7.76. The van der Waals surface area contributed by atoms with E-state index in [1.165, 1.54) is 19.3 Å². The van der Waals surface area contributed by atoms with E-state index in [2.05, 4.69) is 19.2 Å². The van der Waals surface area contributed by atoms with Gasteiger partial charge in [-0.05, 0) is 32.7 Å². The zero-order chi connectivity index (χ0) is 12.4. The van der Waals surface area contributed by atoms with Crippen molar-refractivity contribution in [2.45, 2.75) is 64.8 Å². The minimum absolute atomic E-state index is 0.0837. The van der Waals surface area contributed by atoms with Gasteiger partial charge >= 0.3 is 5.97 Å². The lowest BCUT2D eigenvalue weighted by molar-refractivity contribution is -0.142. The highest BCUT2D eigenvalue weighted by molar-refractivity contribution is 5.70. The van der Waals surface area contributed by atoms with Crippen molar-refractivity contribution >= 4 is 5.97 Å². The lowest BCUT2D eigenvalue weighted by Gasteiger charge is -2.25. The molecule has 0 amide bonds. The van der Waals surface area contributed by atoms with E-state index in [0.717, 1.165) is 25.7 Å². The van der Waals surface area contributed by atoms with Gasteiger partial charge in [0.2, 0.25) is 0 Å². The first kappa shape index (κ1) is 15.4. The first-order chi connectivity index (χ1) is 7.65. The van der Waals surface area contributed by atoms with Gasteiger partial charge < -0.3 is 10.4 Å². The molecule has 3 nitrogen and oxygen atoms in total. The van der Waals surface area contributed by atoms with Gasteiger partial charge in [-0.1, -0.05) is 33.1 Å². The first-order valence-electron chi connectivity index (χ1n) is 6.55. The average molecular weight is 229 g/mol. The highest BCUT2D eigenvalue weighted by atomic mass is 16.4. The van der Waals surface area contributed by atoms with Crippen molar-refractivity contribution in [1.82, 2.24) is 5.32 Å². The Hall–Kier alpha value is -0.570. The van der Waals surface area contributed by atoms with Crippen LogP contribution in [0.5, 0.6) is 0 Å². The van der Waals surface area contributed by atoms with Crippen molar-refractivity contribution in [1.29, 1.82) is 0 Å². The van der Waals surface area contributed by atoms with E-state index < -0.39 is 5.97 Å². The van der Waals surface area contributed by atoms with Gasteiger partial charge in [-0.15, -0.1) is 0 Å². The number of carboxylic acids is 1. The Balaban J connectivity index is 0.000000385. The van der Waals surface area contributed by atoms with Crippen LogP contribution < -0.4 is 5.32 Å². The zero-order valence-electron chi connectivity index (χ0n) is 11.0. The first-order valence-corrected chi connectivity index (χ1v) is 6.55. The van der Waals surface area contributed by atoms with E-state index in [1.54, 1.807) is 0 Å². The van der Waals surface area contributed by atoms with Crippen LogP contribution in [0.2, 0.25) is 0 Å². The predicted octanol–water partition coefficient (Wildman–Crippen LogP) is 3.05. The fourth-order valence-corrected chi connectivity index (χ4v) is 1.98. The highest BCUT2D eigenvalue weighted by Crippen LogP contribution is 2.23. The maximum absolute atomic E-state index is 10.5. The molecule has 1 saturated carbocycles. The van der Waals surface area contributed by atoms with Gasteiger partial charge in [0.05, 0.1) is 5.92 Å². The zero-order valence-corrected chi connectivity index (χ0v) is 11.0. The van der Waals surface area contributed by atoms with Gasteiger partial charge in [-0.2, -0.15) is 0 Å². The largest absolute Gasteiger partial charge is 0.481 e. The number of carbonyl (C=O) groups is 1. The molecule has 1 rings (SSSR count). The molecule has 3 heteroatoms. The van der Waals surface area contributed by atoms with Crippen LogP contribution in [0.25, 0.3) is 0 Å². The minimum atomic E-state index is -0.625. The quantitative estimate of drug-likeness (QED) is 0.779. The molecule has 0 radical (unpaired) electrons. The van der Waals surface area contributed by atoms with Crippen LogP contribution in [0, 0.1) is 5.92 Å². The van der Waals surface area contributed by atoms with E-state index in [0.29, 0.717) is 6.04 Å². The van der Waals surface area contributed by atoms with Crippen molar-refractivity contribution in [2.24, 2.45) is 5.92 Å². The van der Waals surface area contributed by atoms with Crippen LogP contribution in [-0.4, -0.2) is 24.2 Å². The Morgan fingerprint density at radius 3 is 1.94 bits per heavy atom. The molecule has 16 heavy (non-hydrogen) atoms. The molecule has 0 aromatic rings. The maximum atomic E-state index is 10.5. The van der Waals surface area contributed by atoms with Crippen LogP contribution in [0.15, 0.2) is 0 Å². The maximum Gasteiger partial charge on any atom is 0.306 e. The molecule has 0 unspecified atom stereocenters. The molecule has 0 aliphatic heterocycles. The number of aliphatic carboxylic acids is 1. The molecule has 0 aromatic heterocycles. The standard InChI is InChI=1S/C8H15NO2.C5H12/c1-9-7-4-2-6(3-5-7)8(10)11;1-3-5-4-2/h6-7,9H,2-5H2,1H3,(H,10,11);3-5H2,1-2H3. The van der Waals surface area contributed by atoms with Gasteiger partial charge in [-0.3, -0.25) is 4.79 Å². The summed E-state index contributed by atoms with van der Waals surface area (Å²) in [5.41, 5.74) is 0. The molecule has 1 fully saturated rings. The van der Waals surface area contributed by atoms with Crippen molar-refractivity contribution in [3.63, 3.8) is 0 Å². The smallest absolute Gasteiger partial charge is 0.306 e. The third-order valence-electron chi connectivity index (χ3n) is 3.19. The van der Waals surface area contributed by atoms with E-state index in [1.807, 2.05) is 7.05 Å². The summed E-state index contributed by atoms with van der Waals surface area (Å²) in [4.78, 5) is 10.5. The number of rotatable bonds is 4. The van der Waals surface area contributed by atoms with Crippen molar-refractivity contribution in [3.8, 4) is 0 Å². The monoisotopic (exact) mass is 229 g/mol. The van der Waals surface area contributed by atoms with E-state index in [4.69, 9.17) is 5.11 Å². The van der Waals surface area contributed by atoms with Crippen LogP contribution in [0.1, 0.15) is 58.8 Å². The van der Waals surface area contributed by atoms with Crippen LogP contribution in [0.4, 0.5) is 0 Å². The second kappa shape index (κ2) is 9.64. The van der Waals surface area contributed by atoms with Gasteiger partial charge in [0.15, 0.2) is 0 Å². The second-order valence-corrected chi connectivity index (χ2v) is 4.53. The Bertz CT molecular complexity index is 173.